The highest BCUT2D eigenvalue weighted by Gasteiger charge is 2.49. The number of carbonyl (C=O) groups excluding carboxylic acids is 1. The van der Waals surface area contributed by atoms with Crippen LogP contribution in [0.25, 0.3) is 0 Å². The number of para-hydroxylation sites is 1. The number of benzene rings is 1. The predicted molar refractivity (Wildman–Crippen MR) is 72.7 cm³/mol. The van der Waals surface area contributed by atoms with E-state index < -0.39 is 17.4 Å². The number of nitrogens with one attached hydrogen (secondary N) is 1. The summed E-state index contributed by atoms with van der Waals surface area (Å²) in [4.78, 5) is 17.5. The molecule has 2 amide bonds. The Morgan fingerprint density at radius 3 is 2.58 bits per heavy atom. The zero-order valence-electron chi connectivity index (χ0n) is 11.1. The van der Waals surface area contributed by atoms with Crippen molar-refractivity contribution in [3.8, 4) is 0 Å². The lowest BCUT2D eigenvalue weighted by molar-refractivity contribution is -0.256. The molecule has 2 N–H and O–H groups in total. The van der Waals surface area contributed by atoms with Crippen LogP contribution < -0.4 is 5.32 Å². The van der Waals surface area contributed by atoms with Gasteiger partial charge in [-0.05, 0) is 32.9 Å². The standard InChI is InChI=1S/C13H17ClN2O3/c1-12(2)8-13(3,18)19-16(12)11(17)15-10-7-5-4-6-9(10)14/h4-7,18H,8H2,1-3H3,(H,15,17)/t13-/m0/s1. The van der Waals surface area contributed by atoms with Crippen molar-refractivity contribution in [2.75, 3.05) is 5.32 Å². The summed E-state index contributed by atoms with van der Waals surface area (Å²) in [5.41, 5.74) is -0.102. The molecule has 0 unspecified atom stereocenters. The van der Waals surface area contributed by atoms with Crippen molar-refractivity contribution >= 4 is 23.3 Å². The van der Waals surface area contributed by atoms with E-state index >= 15 is 0 Å². The molecule has 5 nitrogen and oxygen atoms in total. The Morgan fingerprint density at radius 2 is 2.05 bits per heavy atom. The van der Waals surface area contributed by atoms with Crippen LogP contribution in [0.2, 0.25) is 5.02 Å². The third-order valence-corrected chi connectivity index (χ3v) is 3.23. The van der Waals surface area contributed by atoms with E-state index in [-0.39, 0.29) is 0 Å². The Kier molecular flexibility index (Phi) is 3.47. The van der Waals surface area contributed by atoms with Crippen LogP contribution in [-0.2, 0) is 4.84 Å². The summed E-state index contributed by atoms with van der Waals surface area (Å²) in [6.07, 6.45) is 0.329. The number of hydrogen-bond acceptors (Lipinski definition) is 3. The average molecular weight is 285 g/mol. The highest BCUT2D eigenvalue weighted by Crippen LogP contribution is 2.37. The van der Waals surface area contributed by atoms with Gasteiger partial charge in [0.05, 0.1) is 16.2 Å². The fraction of sp³-hybridized carbons (Fsp3) is 0.462. The Balaban J connectivity index is 2.15. The van der Waals surface area contributed by atoms with Gasteiger partial charge in [-0.2, -0.15) is 5.06 Å². The van der Waals surface area contributed by atoms with Crippen LogP contribution in [0.15, 0.2) is 24.3 Å². The molecule has 2 rings (SSSR count). The molecule has 1 heterocycles. The predicted octanol–water partition coefficient (Wildman–Crippen LogP) is 3.00. The van der Waals surface area contributed by atoms with Gasteiger partial charge in [0.2, 0.25) is 0 Å². The van der Waals surface area contributed by atoms with Crippen molar-refractivity contribution in [1.29, 1.82) is 0 Å². The monoisotopic (exact) mass is 284 g/mol. The lowest BCUT2D eigenvalue weighted by atomic mass is 9.97. The molecule has 0 radical (unpaired) electrons. The van der Waals surface area contributed by atoms with Crippen molar-refractivity contribution < 1.29 is 14.7 Å². The van der Waals surface area contributed by atoms with E-state index in [9.17, 15) is 9.90 Å². The number of aliphatic hydroxyl groups is 1. The third kappa shape index (κ3) is 3.00. The fourth-order valence-electron chi connectivity index (χ4n) is 2.27. The molecule has 0 spiro atoms. The molecule has 6 heteroatoms. The second-order valence-corrected chi connectivity index (χ2v) is 5.87. The van der Waals surface area contributed by atoms with Gasteiger partial charge in [-0.3, -0.25) is 0 Å². The normalized spacial score (nSPS) is 25.4. The van der Waals surface area contributed by atoms with Gasteiger partial charge in [-0.1, -0.05) is 23.7 Å². The van der Waals surface area contributed by atoms with Crippen molar-refractivity contribution in [3.05, 3.63) is 29.3 Å². The largest absolute Gasteiger partial charge is 0.364 e. The highest BCUT2D eigenvalue weighted by atomic mass is 35.5. The molecule has 1 atom stereocenters. The van der Waals surface area contributed by atoms with Crippen LogP contribution in [-0.4, -0.2) is 27.5 Å². The molecule has 0 aliphatic carbocycles. The van der Waals surface area contributed by atoms with E-state index in [2.05, 4.69) is 5.32 Å². The first-order valence-corrected chi connectivity index (χ1v) is 6.36. The Bertz CT molecular complexity index is 502. The van der Waals surface area contributed by atoms with E-state index in [4.69, 9.17) is 16.4 Å². The summed E-state index contributed by atoms with van der Waals surface area (Å²) in [5, 5.41) is 14.2. The molecule has 104 valence electrons. The number of hydroxylamine groups is 2. The fourth-order valence-corrected chi connectivity index (χ4v) is 2.45. The van der Waals surface area contributed by atoms with Gasteiger partial charge in [0.1, 0.15) is 0 Å². The summed E-state index contributed by atoms with van der Waals surface area (Å²) in [6, 6.07) is 6.47. The summed E-state index contributed by atoms with van der Waals surface area (Å²) in [5.74, 6) is -1.35. The maximum Gasteiger partial charge on any atom is 0.346 e. The number of nitrogens with zero attached hydrogens (tertiary/aromatic N) is 1. The van der Waals surface area contributed by atoms with Gasteiger partial charge in [0.25, 0.3) is 0 Å². The number of halogens is 1. The van der Waals surface area contributed by atoms with Crippen LogP contribution in [0, 0.1) is 0 Å². The maximum atomic E-state index is 12.2. The van der Waals surface area contributed by atoms with Gasteiger partial charge in [0.15, 0.2) is 5.79 Å². The third-order valence-electron chi connectivity index (χ3n) is 2.90. The summed E-state index contributed by atoms with van der Waals surface area (Å²) in [6.45, 7) is 5.17. The minimum absolute atomic E-state index is 0.329. The van der Waals surface area contributed by atoms with Gasteiger partial charge >= 0.3 is 6.03 Å². The van der Waals surface area contributed by atoms with Crippen molar-refractivity contribution in [2.45, 2.75) is 38.5 Å². The van der Waals surface area contributed by atoms with E-state index in [1.54, 1.807) is 24.3 Å². The second kappa shape index (κ2) is 4.67. The number of hydrogen-bond donors (Lipinski definition) is 2. The Morgan fingerprint density at radius 1 is 1.42 bits per heavy atom. The first kappa shape index (κ1) is 14.1. The van der Waals surface area contributed by atoms with Crippen molar-refractivity contribution in [1.82, 2.24) is 5.06 Å². The molecule has 1 fully saturated rings. The topological polar surface area (TPSA) is 61.8 Å². The van der Waals surface area contributed by atoms with Crippen LogP contribution in [0.4, 0.5) is 10.5 Å². The van der Waals surface area contributed by atoms with E-state index in [1.165, 1.54) is 6.92 Å². The zero-order valence-corrected chi connectivity index (χ0v) is 11.9. The lowest BCUT2D eigenvalue weighted by Crippen LogP contribution is -2.44. The molecule has 1 aliphatic rings. The van der Waals surface area contributed by atoms with Crippen molar-refractivity contribution in [2.24, 2.45) is 0 Å². The molecule has 1 aliphatic heterocycles. The molecule has 1 aromatic carbocycles. The Hall–Kier alpha value is -1.30. The molecule has 1 saturated heterocycles. The van der Waals surface area contributed by atoms with Gasteiger partial charge in [0, 0.05) is 6.42 Å². The number of rotatable bonds is 1. The number of anilines is 1. The molecule has 19 heavy (non-hydrogen) atoms. The summed E-state index contributed by atoms with van der Waals surface area (Å²) in [7, 11) is 0. The molecule has 0 aromatic heterocycles. The van der Waals surface area contributed by atoms with Gasteiger partial charge in [-0.25, -0.2) is 9.63 Å². The molecule has 0 bridgehead atoms. The van der Waals surface area contributed by atoms with Crippen LogP contribution in [0.5, 0.6) is 0 Å². The lowest BCUT2D eigenvalue weighted by Gasteiger charge is -2.28. The SMILES string of the molecule is CC1(C)C[C@@](C)(O)ON1C(=O)Nc1ccccc1Cl. The van der Waals surface area contributed by atoms with Crippen LogP contribution >= 0.6 is 11.6 Å². The zero-order chi connectivity index (χ0) is 14.3. The minimum atomic E-state index is -1.35. The highest BCUT2D eigenvalue weighted by molar-refractivity contribution is 6.33. The minimum Gasteiger partial charge on any atom is -0.364 e. The summed E-state index contributed by atoms with van der Waals surface area (Å²) >= 11 is 5.98. The second-order valence-electron chi connectivity index (χ2n) is 5.46. The van der Waals surface area contributed by atoms with Crippen LogP contribution in [0.3, 0.4) is 0 Å². The number of carbonyl (C=O) groups is 1. The molecule has 0 saturated carbocycles. The number of amides is 2. The molecule has 1 aromatic rings. The van der Waals surface area contributed by atoms with Gasteiger partial charge < -0.3 is 10.4 Å². The average Bonchev–Trinajstić information content (AvgIpc) is 2.50. The van der Waals surface area contributed by atoms with Gasteiger partial charge in [-0.15, -0.1) is 0 Å². The maximum absolute atomic E-state index is 12.2. The Labute approximate surface area is 117 Å². The van der Waals surface area contributed by atoms with E-state index in [1.807, 2.05) is 13.8 Å². The van der Waals surface area contributed by atoms with Crippen molar-refractivity contribution in [3.63, 3.8) is 0 Å². The quantitative estimate of drug-likeness (QED) is 0.833. The first-order valence-electron chi connectivity index (χ1n) is 5.99. The summed E-state index contributed by atoms with van der Waals surface area (Å²) < 4.78 is 0. The van der Waals surface area contributed by atoms with E-state index in [0.717, 1.165) is 5.06 Å². The molecular weight excluding hydrogens is 268 g/mol. The number of urea groups is 1. The molecular formula is C13H17ClN2O3. The van der Waals surface area contributed by atoms with Crippen LogP contribution in [0.1, 0.15) is 27.2 Å². The van der Waals surface area contributed by atoms with E-state index in [0.29, 0.717) is 17.1 Å². The first-order chi connectivity index (χ1) is 8.71. The smallest absolute Gasteiger partial charge is 0.346 e.